The molecule has 0 aromatic heterocycles. The first kappa shape index (κ1) is 25.3. The van der Waals surface area contributed by atoms with Crippen LogP contribution in [0.2, 0.25) is 0 Å². The lowest BCUT2D eigenvalue weighted by atomic mass is 10.1. The summed E-state index contributed by atoms with van der Waals surface area (Å²) in [5.41, 5.74) is 4.37. The summed E-state index contributed by atoms with van der Waals surface area (Å²) in [4.78, 5) is 0. The molecule has 2 aromatic rings. The fraction of sp³-hybridized carbons (Fsp3) is 0.182. The lowest BCUT2D eigenvalue weighted by molar-refractivity contribution is -0.137. The maximum Gasteiger partial charge on any atom is 0.416 e. The first-order chi connectivity index (χ1) is 14.7. The summed E-state index contributed by atoms with van der Waals surface area (Å²) in [5, 5.41) is 0. The Labute approximate surface area is 183 Å². The second kappa shape index (κ2) is 9.64. The highest BCUT2D eigenvalue weighted by molar-refractivity contribution is 8.28. The molecule has 2 aromatic carbocycles. The molecule has 10 heteroatoms. The van der Waals surface area contributed by atoms with E-state index in [1.165, 1.54) is 30.3 Å². The predicted molar refractivity (Wildman–Crippen MR) is 122 cm³/mol. The van der Waals surface area contributed by atoms with E-state index in [-0.39, 0.29) is 17.8 Å². The van der Waals surface area contributed by atoms with Crippen molar-refractivity contribution in [2.24, 2.45) is 0 Å². The van der Waals surface area contributed by atoms with Crippen molar-refractivity contribution in [2.75, 3.05) is 10.6 Å². The van der Waals surface area contributed by atoms with Gasteiger partial charge in [-0.3, -0.25) is 5.43 Å². The Morgan fingerprint density at radius 2 is 1.62 bits per heavy atom. The molecule has 0 fully saturated rings. The zero-order valence-electron chi connectivity index (χ0n) is 17.3. The van der Waals surface area contributed by atoms with Crippen LogP contribution in [0.1, 0.15) is 16.7 Å². The van der Waals surface area contributed by atoms with Crippen molar-refractivity contribution < 1.29 is 26.3 Å². The highest BCUT2D eigenvalue weighted by Gasteiger charge is 2.30. The number of hydrogen-bond donors (Lipinski definition) is 2. The average Bonchev–Trinajstić information content (AvgIpc) is 2.69. The molecule has 0 saturated carbocycles. The third-order valence-corrected chi connectivity index (χ3v) is 5.77. The molecule has 0 radical (unpaired) electrons. The molecule has 0 bridgehead atoms. The number of nitrogens with zero attached hydrogens (tertiary/aromatic N) is 1. The standard InChI is InChI=1S/C22H23F6N3S/c1-14(29-30-15(2)21(24)25)16-6-7-17(20(23)12-16)13-31(32(3,4)5)19-10-8-18(9-11-19)22(26,27)28/h6-12,21,29-30H,1-4,13H2,5H3. The summed E-state index contributed by atoms with van der Waals surface area (Å²) in [6.07, 6.45) is -5.53. The van der Waals surface area contributed by atoms with Gasteiger partial charge in [0.05, 0.1) is 23.5 Å². The van der Waals surface area contributed by atoms with Gasteiger partial charge in [0.1, 0.15) is 5.82 Å². The number of halogens is 6. The van der Waals surface area contributed by atoms with Crippen molar-refractivity contribution in [3.05, 3.63) is 83.8 Å². The third-order valence-electron chi connectivity index (χ3n) is 4.37. The number of hydrogen-bond acceptors (Lipinski definition) is 3. The molecule has 0 amide bonds. The topological polar surface area (TPSA) is 27.3 Å². The van der Waals surface area contributed by atoms with Crippen molar-refractivity contribution in [1.29, 1.82) is 0 Å². The largest absolute Gasteiger partial charge is 0.416 e. The summed E-state index contributed by atoms with van der Waals surface area (Å²) in [7, 11) is -1.97. The van der Waals surface area contributed by atoms with Gasteiger partial charge in [-0.05, 0) is 36.6 Å². The average molecular weight is 476 g/mol. The Hall–Kier alpha value is -3.01. The van der Waals surface area contributed by atoms with Crippen molar-refractivity contribution in [3.8, 4) is 0 Å². The summed E-state index contributed by atoms with van der Waals surface area (Å²) >= 11 is 0. The Morgan fingerprint density at radius 3 is 2.09 bits per heavy atom. The zero-order chi connectivity index (χ0) is 24.3. The van der Waals surface area contributed by atoms with E-state index in [1.54, 1.807) is 10.6 Å². The fourth-order valence-electron chi connectivity index (χ4n) is 2.62. The molecule has 2 N–H and O–H groups in total. The molecule has 0 atom stereocenters. The van der Waals surface area contributed by atoms with Gasteiger partial charge in [-0.2, -0.15) is 13.2 Å². The van der Waals surface area contributed by atoms with Crippen LogP contribution in [0, 0.1) is 5.82 Å². The van der Waals surface area contributed by atoms with Crippen LogP contribution in [0.5, 0.6) is 0 Å². The highest BCUT2D eigenvalue weighted by atomic mass is 32.2. The van der Waals surface area contributed by atoms with Crippen LogP contribution in [0.3, 0.4) is 0 Å². The molecule has 2 rings (SSSR count). The number of alkyl halides is 5. The summed E-state index contributed by atoms with van der Waals surface area (Å²) in [6, 6.07) is 8.66. The summed E-state index contributed by atoms with van der Waals surface area (Å²) < 4.78 is 79.9. The van der Waals surface area contributed by atoms with Gasteiger partial charge in [0, 0.05) is 16.8 Å². The Balaban J connectivity index is 2.24. The lowest BCUT2D eigenvalue weighted by Crippen LogP contribution is -2.31. The van der Waals surface area contributed by atoms with E-state index in [0.29, 0.717) is 11.3 Å². The Kier molecular flexibility index (Phi) is 7.61. The van der Waals surface area contributed by atoms with E-state index >= 15 is 0 Å². The minimum absolute atomic E-state index is 0.0106. The lowest BCUT2D eigenvalue weighted by Gasteiger charge is -2.31. The highest BCUT2D eigenvalue weighted by Crippen LogP contribution is 2.35. The number of hydrazine groups is 1. The molecule has 0 aliphatic rings. The minimum atomic E-state index is -4.47. The van der Waals surface area contributed by atoms with E-state index in [2.05, 4.69) is 35.8 Å². The zero-order valence-corrected chi connectivity index (χ0v) is 18.1. The van der Waals surface area contributed by atoms with E-state index in [1.807, 2.05) is 0 Å². The summed E-state index contributed by atoms with van der Waals surface area (Å²) in [5.74, 6) is 7.38. The van der Waals surface area contributed by atoms with Gasteiger partial charge >= 0.3 is 6.18 Å². The quantitative estimate of drug-likeness (QED) is 0.268. The fourth-order valence-corrected chi connectivity index (χ4v) is 3.70. The van der Waals surface area contributed by atoms with Gasteiger partial charge in [0.2, 0.25) is 0 Å². The molecule has 3 nitrogen and oxygen atoms in total. The van der Waals surface area contributed by atoms with Crippen molar-refractivity contribution >= 4 is 32.5 Å². The molecule has 0 heterocycles. The molecule has 174 valence electrons. The monoisotopic (exact) mass is 475 g/mol. The Bertz CT molecular complexity index is 1090. The second-order valence-electron chi connectivity index (χ2n) is 7.16. The third kappa shape index (κ3) is 6.49. The predicted octanol–water partition coefficient (Wildman–Crippen LogP) is 5.91. The molecule has 0 saturated heterocycles. The second-order valence-corrected chi connectivity index (χ2v) is 10.0. The number of benzene rings is 2. The van der Waals surface area contributed by atoms with Gasteiger partial charge in [0.15, 0.2) is 0 Å². The number of anilines is 1. The molecular formula is C22H23F6N3S. The van der Waals surface area contributed by atoms with Crippen LogP contribution in [0.15, 0.2) is 61.3 Å². The van der Waals surface area contributed by atoms with Crippen molar-refractivity contribution in [3.63, 3.8) is 0 Å². The van der Waals surface area contributed by atoms with Crippen molar-refractivity contribution in [2.45, 2.75) is 19.1 Å². The van der Waals surface area contributed by atoms with Crippen LogP contribution in [0.25, 0.3) is 5.70 Å². The van der Waals surface area contributed by atoms with Crippen LogP contribution in [0.4, 0.5) is 32.0 Å². The smallest absolute Gasteiger partial charge is 0.324 e. The SMILES string of the molecule is C=C(NNC(=C)C(F)F)c1ccc(CN(c2ccc(C(F)(F)F)cc2)S(=C)(=C)C)c(F)c1. The maximum absolute atomic E-state index is 14.8. The first-order valence-corrected chi connectivity index (χ1v) is 11.4. The summed E-state index contributed by atoms with van der Waals surface area (Å²) in [6.45, 7) is 6.81. The maximum atomic E-state index is 14.8. The minimum Gasteiger partial charge on any atom is -0.324 e. The van der Waals surface area contributed by atoms with Gasteiger partial charge in [0.25, 0.3) is 6.43 Å². The number of nitrogens with one attached hydrogen (secondary N) is 2. The van der Waals surface area contributed by atoms with Crippen LogP contribution in [-0.4, -0.2) is 24.4 Å². The van der Waals surface area contributed by atoms with E-state index in [0.717, 1.165) is 12.1 Å². The van der Waals surface area contributed by atoms with E-state index in [9.17, 15) is 26.3 Å². The molecule has 0 spiro atoms. The number of rotatable bonds is 9. The molecule has 0 aliphatic heterocycles. The van der Waals surface area contributed by atoms with Gasteiger partial charge in [-0.15, -0.1) is 9.39 Å². The van der Waals surface area contributed by atoms with Crippen LogP contribution >= 0.6 is 9.39 Å². The van der Waals surface area contributed by atoms with Gasteiger partial charge in [-0.1, -0.05) is 37.0 Å². The molecular weight excluding hydrogens is 452 g/mol. The van der Waals surface area contributed by atoms with Crippen LogP contribution < -0.4 is 15.2 Å². The molecule has 0 aliphatic carbocycles. The normalized spacial score (nSPS) is 11.9. The van der Waals surface area contributed by atoms with E-state index < -0.39 is 39.1 Å². The van der Waals surface area contributed by atoms with Crippen molar-refractivity contribution in [1.82, 2.24) is 10.9 Å². The Morgan fingerprint density at radius 1 is 1.03 bits per heavy atom. The van der Waals surface area contributed by atoms with Gasteiger partial charge < -0.3 is 9.73 Å². The molecule has 32 heavy (non-hydrogen) atoms. The molecule has 0 unspecified atom stereocenters. The van der Waals surface area contributed by atoms with Gasteiger partial charge in [-0.25, -0.2) is 13.2 Å². The van der Waals surface area contributed by atoms with E-state index in [4.69, 9.17) is 0 Å². The first-order valence-electron chi connectivity index (χ1n) is 9.06. The number of allylic oxidation sites excluding steroid dienone is 1. The van der Waals surface area contributed by atoms with Crippen LogP contribution in [-0.2, 0) is 12.7 Å².